The van der Waals surface area contributed by atoms with Gasteiger partial charge in [-0.25, -0.2) is 4.98 Å². The molecular weight excluding hydrogens is 324 g/mol. The fraction of sp³-hybridized carbons (Fsp3) is 0.471. The Morgan fingerprint density at radius 1 is 1.21 bits per heavy atom. The minimum absolute atomic E-state index is 0.0438. The van der Waals surface area contributed by atoms with Gasteiger partial charge in [-0.1, -0.05) is 23.9 Å². The quantitative estimate of drug-likeness (QED) is 0.617. The number of carbonyl (C=O) groups excluding carboxylic acids is 1. The van der Waals surface area contributed by atoms with E-state index in [-0.39, 0.29) is 11.5 Å². The second kappa shape index (κ2) is 7.36. The first-order valence-electron chi connectivity index (χ1n) is 8.19. The predicted octanol–water partition coefficient (Wildman–Crippen LogP) is 1.28. The summed E-state index contributed by atoms with van der Waals surface area (Å²) in [6, 6.07) is 7.34. The third-order valence-electron chi connectivity index (χ3n) is 4.32. The fourth-order valence-electron chi connectivity index (χ4n) is 2.81. The summed E-state index contributed by atoms with van der Waals surface area (Å²) in [6.45, 7) is 5.81. The van der Waals surface area contributed by atoms with E-state index >= 15 is 0 Å². The second-order valence-electron chi connectivity index (χ2n) is 5.93. The number of nitrogens with zero attached hydrogens (tertiary/aromatic N) is 4. The van der Waals surface area contributed by atoms with E-state index in [0.717, 1.165) is 26.2 Å². The molecule has 128 valence electrons. The minimum Gasteiger partial charge on any atom is -0.339 e. The molecule has 1 amide bonds. The van der Waals surface area contributed by atoms with Crippen LogP contribution in [0.3, 0.4) is 0 Å². The van der Waals surface area contributed by atoms with Crippen molar-refractivity contribution < 1.29 is 4.79 Å². The molecule has 24 heavy (non-hydrogen) atoms. The van der Waals surface area contributed by atoms with Crippen LogP contribution in [0.25, 0.3) is 10.9 Å². The molecular formula is C17H22N4O2S. The summed E-state index contributed by atoms with van der Waals surface area (Å²) >= 11 is 1.35. The molecule has 0 N–H and O–H groups in total. The zero-order valence-corrected chi connectivity index (χ0v) is 14.9. The molecule has 1 aliphatic rings. The molecule has 2 aromatic rings. The average molecular weight is 346 g/mol. The molecule has 0 atom stereocenters. The molecule has 1 aromatic heterocycles. The third-order valence-corrected chi connectivity index (χ3v) is 5.28. The Morgan fingerprint density at radius 2 is 1.92 bits per heavy atom. The van der Waals surface area contributed by atoms with E-state index in [1.165, 1.54) is 11.8 Å². The Labute approximate surface area is 145 Å². The van der Waals surface area contributed by atoms with Crippen LogP contribution in [0, 0.1) is 0 Å². The topological polar surface area (TPSA) is 58.4 Å². The molecule has 1 saturated heterocycles. The van der Waals surface area contributed by atoms with Gasteiger partial charge in [-0.05, 0) is 26.1 Å². The summed E-state index contributed by atoms with van der Waals surface area (Å²) < 4.78 is 1.64. The lowest BCUT2D eigenvalue weighted by Crippen LogP contribution is -2.47. The van der Waals surface area contributed by atoms with Gasteiger partial charge < -0.3 is 9.80 Å². The lowest BCUT2D eigenvalue weighted by molar-refractivity contribution is -0.129. The zero-order valence-electron chi connectivity index (χ0n) is 14.1. The molecule has 7 heteroatoms. The van der Waals surface area contributed by atoms with Gasteiger partial charge in [-0.3, -0.25) is 14.2 Å². The van der Waals surface area contributed by atoms with Crippen molar-refractivity contribution in [3.05, 3.63) is 34.6 Å². The highest BCUT2D eigenvalue weighted by Gasteiger charge is 2.20. The summed E-state index contributed by atoms with van der Waals surface area (Å²) in [7, 11) is 2.06. The first kappa shape index (κ1) is 17.0. The van der Waals surface area contributed by atoms with E-state index in [1.54, 1.807) is 10.6 Å². The second-order valence-corrected chi connectivity index (χ2v) is 6.88. The van der Waals surface area contributed by atoms with Crippen molar-refractivity contribution in [2.24, 2.45) is 0 Å². The first-order chi connectivity index (χ1) is 11.6. The molecule has 1 fully saturated rings. The smallest absolute Gasteiger partial charge is 0.262 e. The van der Waals surface area contributed by atoms with Crippen molar-refractivity contribution in [1.82, 2.24) is 19.4 Å². The Balaban J connectivity index is 1.77. The van der Waals surface area contributed by atoms with Gasteiger partial charge in [0.05, 0.1) is 16.7 Å². The Kier molecular flexibility index (Phi) is 5.20. The highest BCUT2D eigenvalue weighted by atomic mass is 32.2. The van der Waals surface area contributed by atoms with Gasteiger partial charge in [0.15, 0.2) is 5.16 Å². The average Bonchev–Trinajstić information content (AvgIpc) is 2.60. The lowest BCUT2D eigenvalue weighted by Gasteiger charge is -2.32. The Bertz CT molecular complexity index is 797. The van der Waals surface area contributed by atoms with Crippen molar-refractivity contribution in [2.45, 2.75) is 18.6 Å². The van der Waals surface area contributed by atoms with Crippen LogP contribution in [-0.2, 0) is 11.3 Å². The van der Waals surface area contributed by atoms with E-state index in [1.807, 2.05) is 30.0 Å². The van der Waals surface area contributed by atoms with Crippen molar-refractivity contribution in [3.63, 3.8) is 0 Å². The van der Waals surface area contributed by atoms with Crippen LogP contribution in [0.5, 0.6) is 0 Å². The van der Waals surface area contributed by atoms with Crippen LogP contribution >= 0.6 is 11.8 Å². The number of piperazine rings is 1. The largest absolute Gasteiger partial charge is 0.339 e. The minimum atomic E-state index is -0.0438. The summed E-state index contributed by atoms with van der Waals surface area (Å²) in [6.07, 6.45) is 0. The predicted molar refractivity (Wildman–Crippen MR) is 96.5 cm³/mol. The van der Waals surface area contributed by atoms with Crippen LogP contribution in [0.4, 0.5) is 0 Å². The molecule has 3 rings (SSSR count). The lowest BCUT2D eigenvalue weighted by atomic mass is 10.2. The molecule has 2 heterocycles. The third kappa shape index (κ3) is 3.47. The van der Waals surface area contributed by atoms with E-state index in [2.05, 4.69) is 16.9 Å². The van der Waals surface area contributed by atoms with E-state index in [9.17, 15) is 9.59 Å². The number of amides is 1. The molecule has 0 spiro atoms. The number of aromatic nitrogens is 2. The van der Waals surface area contributed by atoms with Gasteiger partial charge in [0.1, 0.15) is 0 Å². The molecule has 1 aliphatic heterocycles. The Hall–Kier alpha value is -1.86. The molecule has 0 bridgehead atoms. The number of likely N-dealkylation sites (N-methyl/N-ethyl adjacent to an activating group) is 1. The summed E-state index contributed by atoms with van der Waals surface area (Å²) in [5, 5.41) is 1.23. The van der Waals surface area contributed by atoms with E-state index in [0.29, 0.717) is 28.4 Å². The molecule has 1 aromatic carbocycles. The number of carbonyl (C=O) groups is 1. The molecule has 0 unspecified atom stereocenters. The number of para-hydroxylation sites is 1. The van der Waals surface area contributed by atoms with Crippen molar-refractivity contribution >= 4 is 28.6 Å². The van der Waals surface area contributed by atoms with Gasteiger partial charge in [0.25, 0.3) is 5.56 Å². The molecule has 0 saturated carbocycles. The Morgan fingerprint density at radius 3 is 2.62 bits per heavy atom. The van der Waals surface area contributed by atoms with Crippen LogP contribution in [0.15, 0.2) is 34.2 Å². The maximum Gasteiger partial charge on any atom is 0.262 e. The zero-order chi connectivity index (χ0) is 17.1. The number of hydrogen-bond donors (Lipinski definition) is 0. The SMILES string of the molecule is CCn1c(SCC(=O)N2CCN(C)CC2)nc2ccccc2c1=O. The monoisotopic (exact) mass is 346 g/mol. The van der Waals surface area contributed by atoms with Gasteiger partial charge >= 0.3 is 0 Å². The van der Waals surface area contributed by atoms with Crippen molar-refractivity contribution in [3.8, 4) is 0 Å². The highest BCUT2D eigenvalue weighted by Crippen LogP contribution is 2.18. The number of rotatable bonds is 4. The maximum atomic E-state index is 12.6. The van der Waals surface area contributed by atoms with Crippen LogP contribution < -0.4 is 5.56 Å². The van der Waals surface area contributed by atoms with E-state index < -0.39 is 0 Å². The number of hydrogen-bond acceptors (Lipinski definition) is 5. The van der Waals surface area contributed by atoms with Crippen LogP contribution in [0.2, 0.25) is 0 Å². The normalized spacial score (nSPS) is 15.8. The fourth-order valence-corrected chi connectivity index (χ4v) is 3.78. The number of fused-ring (bicyclic) bond motifs is 1. The van der Waals surface area contributed by atoms with Gasteiger partial charge in [-0.15, -0.1) is 0 Å². The maximum absolute atomic E-state index is 12.6. The molecule has 0 radical (unpaired) electrons. The van der Waals surface area contributed by atoms with Crippen LogP contribution in [-0.4, -0.2) is 64.2 Å². The summed E-state index contributed by atoms with van der Waals surface area (Å²) in [5.41, 5.74) is 0.638. The van der Waals surface area contributed by atoms with Gasteiger partial charge in [0, 0.05) is 32.7 Å². The number of thioether (sulfide) groups is 1. The van der Waals surface area contributed by atoms with Crippen molar-refractivity contribution in [2.75, 3.05) is 39.0 Å². The number of benzene rings is 1. The first-order valence-corrected chi connectivity index (χ1v) is 9.17. The van der Waals surface area contributed by atoms with E-state index in [4.69, 9.17) is 0 Å². The summed E-state index contributed by atoms with van der Waals surface area (Å²) in [4.78, 5) is 33.7. The highest BCUT2D eigenvalue weighted by molar-refractivity contribution is 7.99. The summed E-state index contributed by atoms with van der Waals surface area (Å²) in [5.74, 6) is 0.423. The van der Waals surface area contributed by atoms with Crippen molar-refractivity contribution in [1.29, 1.82) is 0 Å². The molecule has 6 nitrogen and oxygen atoms in total. The molecule has 0 aliphatic carbocycles. The van der Waals surface area contributed by atoms with Crippen LogP contribution in [0.1, 0.15) is 6.92 Å². The van der Waals surface area contributed by atoms with Gasteiger partial charge in [-0.2, -0.15) is 0 Å². The standard InChI is InChI=1S/C17H22N4O2S/c1-3-21-16(23)13-6-4-5-7-14(13)18-17(21)24-12-15(22)20-10-8-19(2)9-11-20/h4-7H,3,8-12H2,1-2H3. The van der Waals surface area contributed by atoms with Gasteiger partial charge in [0.2, 0.25) is 5.91 Å².